The Labute approximate surface area is 105 Å². The normalized spacial score (nSPS) is 13.6. The van der Waals surface area contributed by atoms with Crippen molar-refractivity contribution in [2.45, 2.75) is 33.6 Å². The van der Waals surface area contributed by atoms with Gasteiger partial charge in [0, 0.05) is 12.5 Å². The summed E-state index contributed by atoms with van der Waals surface area (Å²) in [6, 6.07) is 0. The number of ketones is 1. The van der Waals surface area contributed by atoms with Crippen molar-refractivity contribution in [2.24, 2.45) is 11.3 Å². The van der Waals surface area contributed by atoms with Gasteiger partial charge in [0.2, 0.25) is 0 Å². The zero-order chi connectivity index (χ0) is 13.6. The second kappa shape index (κ2) is 6.89. The molecule has 0 aromatic carbocycles. The maximum Gasteiger partial charge on any atom is 0.315 e. The second-order valence-electron chi connectivity index (χ2n) is 5.11. The van der Waals surface area contributed by atoms with Gasteiger partial charge in [-0.1, -0.05) is 20.8 Å². The summed E-state index contributed by atoms with van der Waals surface area (Å²) >= 11 is 5.44. The number of hydrogen-bond donors (Lipinski definition) is 1. The number of hydrogen-bond acceptors (Lipinski definition) is 2. The number of carbonyl (C=O) groups excluding carboxylic acids is 2. The highest BCUT2D eigenvalue weighted by atomic mass is 35.5. The molecule has 1 N–H and O–H groups in total. The van der Waals surface area contributed by atoms with E-state index in [1.54, 1.807) is 0 Å². The summed E-state index contributed by atoms with van der Waals surface area (Å²) in [5, 5.41) is 2.05. The molecular formula is C11H18ClF2NO2. The van der Waals surface area contributed by atoms with Crippen LogP contribution >= 0.6 is 11.6 Å². The largest absolute Gasteiger partial charge is 0.350 e. The minimum atomic E-state index is -3.06. The van der Waals surface area contributed by atoms with Crippen molar-refractivity contribution in [1.82, 2.24) is 5.32 Å². The van der Waals surface area contributed by atoms with Gasteiger partial charge in [0.15, 0.2) is 5.78 Å². The fourth-order valence-electron chi connectivity index (χ4n) is 1.45. The predicted octanol–water partition coefficient (Wildman–Crippen LogP) is 2.23. The van der Waals surface area contributed by atoms with Gasteiger partial charge in [-0.3, -0.25) is 9.59 Å². The number of alkyl halides is 3. The average Bonchev–Trinajstić information content (AvgIpc) is 2.20. The summed E-state index contributed by atoms with van der Waals surface area (Å²) in [5.74, 6) is -2.29. The predicted molar refractivity (Wildman–Crippen MR) is 62.3 cm³/mol. The van der Waals surface area contributed by atoms with Crippen LogP contribution in [-0.2, 0) is 9.59 Å². The van der Waals surface area contributed by atoms with Crippen LogP contribution < -0.4 is 5.32 Å². The van der Waals surface area contributed by atoms with Crippen LogP contribution in [0.3, 0.4) is 0 Å². The second-order valence-corrected chi connectivity index (χ2v) is 5.37. The van der Waals surface area contributed by atoms with Gasteiger partial charge in [-0.25, -0.2) is 0 Å². The summed E-state index contributed by atoms with van der Waals surface area (Å²) in [7, 11) is 0. The third kappa shape index (κ3) is 7.26. The van der Waals surface area contributed by atoms with Gasteiger partial charge in [0.25, 0.3) is 5.91 Å². The molecule has 0 aliphatic heterocycles. The highest BCUT2D eigenvalue weighted by molar-refractivity contribution is 6.27. The molecule has 0 saturated heterocycles. The molecule has 6 heteroatoms. The molecule has 100 valence electrons. The van der Waals surface area contributed by atoms with Gasteiger partial charge in [0.05, 0.1) is 5.88 Å². The molecule has 0 radical (unpaired) electrons. The van der Waals surface area contributed by atoms with Crippen LogP contribution in [0, 0.1) is 11.3 Å². The number of halogens is 3. The van der Waals surface area contributed by atoms with E-state index in [0.717, 1.165) is 0 Å². The van der Waals surface area contributed by atoms with E-state index in [2.05, 4.69) is 5.32 Å². The van der Waals surface area contributed by atoms with Crippen molar-refractivity contribution >= 4 is 23.3 Å². The lowest BCUT2D eigenvalue weighted by atomic mass is 9.83. The van der Waals surface area contributed by atoms with E-state index in [0.29, 0.717) is 6.42 Å². The van der Waals surface area contributed by atoms with Crippen molar-refractivity contribution in [3.05, 3.63) is 0 Å². The first-order valence-electron chi connectivity index (χ1n) is 5.32. The van der Waals surface area contributed by atoms with E-state index in [1.165, 1.54) is 0 Å². The van der Waals surface area contributed by atoms with Gasteiger partial charge in [-0.05, 0) is 11.8 Å². The van der Waals surface area contributed by atoms with E-state index in [1.807, 2.05) is 20.8 Å². The maximum absolute atomic E-state index is 12.0. The molecule has 17 heavy (non-hydrogen) atoms. The Bertz CT molecular complexity index is 277. The topological polar surface area (TPSA) is 46.2 Å². The van der Waals surface area contributed by atoms with Crippen molar-refractivity contribution in [3.63, 3.8) is 0 Å². The van der Waals surface area contributed by atoms with Crippen LogP contribution in [0.5, 0.6) is 0 Å². The Hall–Kier alpha value is -0.710. The van der Waals surface area contributed by atoms with Crippen molar-refractivity contribution in [3.8, 4) is 0 Å². The lowest BCUT2D eigenvalue weighted by Crippen LogP contribution is -2.38. The molecule has 0 heterocycles. The molecule has 0 aliphatic rings. The number of nitrogens with one attached hydrogen (secondary N) is 1. The molecule has 0 saturated carbocycles. The van der Waals surface area contributed by atoms with Crippen molar-refractivity contribution in [2.75, 3.05) is 12.4 Å². The quantitative estimate of drug-likeness (QED) is 0.752. The summed E-state index contributed by atoms with van der Waals surface area (Å²) in [6.07, 6.45) is -2.57. The first-order valence-corrected chi connectivity index (χ1v) is 5.85. The fourth-order valence-corrected chi connectivity index (χ4v) is 1.67. The Balaban J connectivity index is 4.41. The van der Waals surface area contributed by atoms with E-state index in [-0.39, 0.29) is 23.6 Å². The summed E-state index contributed by atoms with van der Waals surface area (Å²) in [4.78, 5) is 22.2. The first kappa shape index (κ1) is 16.3. The molecule has 0 aromatic rings. The first-order chi connectivity index (χ1) is 7.67. The zero-order valence-electron chi connectivity index (χ0n) is 10.2. The monoisotopic (exact) mass is 269 g/mol. The third-order valence-electron chi connectivity index (χ3n) is 2.17. The number of amides is 1. The molecule has 1 unspecified atom stereocenters. The molecule has 0 bridgehead atoms. The van der Waals surface area contributed by atoms with Gasteiger partial charge < -0.3 is 5.32 Å². The number of carbonyl (C=O) groups is 2. The molecule has 0 spiro atoms. The fraction of sp³-hybridized carbons (Fsp3) is 0.818. The number of Topliss-reactive ketones (excluding diaryl/α,β-unsaturated/α-hetero) is 1. The van der Waals surface area contributed by atoms with Crippen LogP contribution in [0.15, 0.2) is 0 Å². The minimum absolute atomic E-state index is 0.0913. The van der Waals surface area contributed by atoms with Crippen LogP contribution in [0.1, 0.15) is 27.2 Å². The maximum atomic E-state index is 12.0. The standard InChI is InChI=1S/C11H18ClF2NO2/c1-11(2,3)4-7(8(16)5-12)6-15-10(17)9(13)14/h7,9H,4-6H2,1-3H3,(H,15,17). The number of rotatable bonds is 6. The van der Waals surface area contributed by atoms with E-state index < -0.39 is 18.3 Å². The van der Waals surface area contributed by atoms with Crippen LogP contribution in [0.2, 0.25) is 0 Å². The minimum Gasteiger partial charge on any atom is -0.350 e. The van der Waals surface area contributed by atoms with E-state index >= 15 is 0 Å². The Morgan fingerprint density at radius 3 is 2.18 bits per heavy atom. The smallest absolute Gasteiger partial charge is 0.315 e. The molecule has 1 atom stereocenters. The Kier molecular flexibility index (Phi) is 6.60. The average molecular weight is 270 g/mol. The molecular weight excluding hydrogens is 252 g/mol. The van der Waals surface area contributed by atoms with Crippen LogP contribution in [-0.4, -0.2) is 30.5 Å². The summed E-state index contributed by atoms with van der Waals surface area (Å²) < 4.78 is 24.0. The van der Waals surface area contributed by atoms with Crippen molar-refractivity contribution < 1.29 is 18.4 Å². The van der Waals surface area contributed by atoms with Crippen LogP contribution in [0.4, 0.5) is 8.78 Å². The Morgan fingerprint density at radius 1 is 1.29 bits per heavy atom. The SMILES string of the molecule is CC(C)(C)CC(CNC(=O)C(F)F)C(=O)CCl. The van der Waals surface area contributed by atoms with E-state index in [9.17, 15) is 18.4 Å². The van der Waals surface area contributed by atoms with E-state index in [4.69, 9.17) is 11.6 Å². The molecule has 0 aromatic heterocycles. The molecule has 0 aliphatic carbocycles. The highest BCUT2D eigenvalue weighted by Crippen LogP contribution is 2.25. The Morgan fingerprint density at radius 2 is 1.82 bits per heavy atom. The molecule has 3 nitrogen and oxygen atoms in total. The third-order valence-corrected chi connectivity index (χ3v) is 2.43. The summed E-state index contributed by atoms with van der Waals surface area (Å²) in [6.45, 7) is 5.69. The zero-order valence-corrected chi connectivity index (χ0v) is 11.0. The lowest BCUT2D eigenvalue weighted by Gasteiger charge is -2.24. The summed E-state index contributed by atoms with van der Waals surface area (Å²) in [5.41, 5.74) is -0.137. The highest BCUT2D eigenvalue weighted by Gasteiger charge is 2.25. The van der Waals surface area contributed by atoms with Gasteiger partial charge in [0.1, 0.15) is 0 Å². The van der Waals surface area contributed by atoms with Crippen LogP contribution in [0.25, 0.3) is 0 Å². The van der Waals surface area contributed by atoms with Gasteiger partial charge >= 0.3 is 6.43 Å². The van der Waals surface area contributed by atoms with Gasteiger partial charge in [-0.15, -0.1) is 11.6 Å². The van der Waals surface area contributed by atoms with Gasteiger partial charge in [-0.2, -0.15) is 8.78 Å². The molecule has 1 amide bonds. The molecule has 0 rings (SSSR count). The van der Waals surface area contributed by atoms with Crippen molar-refractivity contribution in [1.29, 1.82) is 0 Å². The molecule has 0 fully saturated rings. The lowest BCUT2D eigenvalue weighted by molar-refractivity contribution is -0.132.